The first-order valence-corrected chi connectivity index (χ1v) is 5.98. The second-order valence-electron chi connectivity index (χ2n) is 3.56. The lowest BCUT2D eigenvalue weighted by molar-refractivity contribution is 0.239. The molecule has 2 amide bonds. The Kier molecular flexibility index (Phi) is 9.27. The molecule has 0 saturated carbocycles. The van der Waals surface area contributed by atoms with Gasteiger partial charge in [0.15, 0.2) is 0 Å². The van der Waals surface area contributed by atoms with Crippen LogP contribution in [0.15, 0.2) is 0 Å². The Labute approximate surface area is 93.4 Å². The number of amides is 2. The molecule has 0 radical (unpaired) electrons. The van der Waals surface area contributed by atoms with Gasteiger partial charge < -0.3 is 15.5 Å². The summed E-state index contributed by atoms with van der Waals surface area (Å²) in [5.74, 6) is 0. The quantitative estimate of drug-likeness (QED) is 0.602. The van der Waals surface area contributed by atoms with Crippen molar-refractivity contribution in [2.45, 2.75) is 33.6 Å². The van der Waals surface area contributed by atoms with Gasteiger partial charge in [-0.15, -0.1) is 0 Å². The van der Waals surface area contributed by atoms with Crippen molar-refractivity contribution < 1.29 is 4.79 Å². The summed E-state index contributed by atoms with van der Waals surface area (Å²) in [4.78, 5) is 13.5. The highest BCUT2D eigenvalue weighted by Gasteiger charge is 2.00. The molecule has 4 heteroatoms. The van der Waals surface area contributed by atoms with Gasteiger partial charge in [-0.25, -0.2) is 4.79 Å². The Morgan fingerprint density at radius 3 is 2.20 bits per heavy atom. The Hall–Kier alpha value is -0.770. The second kappa shape index (κ2) is 9.77. The van der Waals surface area contributed by atoms with E-state index in [0.29, 0.717) is 0 Å². The maximum absolute atomic E-state index is 11.1. The average molecular weight is 215 g/mol. The molecule has 0 rings (SSSR count). The molecule has 0 unspecified atom stereocenters. The highest BCUT2D eigenvalue weighted by molar-refractivity contribution is 5.73. The zero-order chi connectivity index (χ0) is 11.5. The lowest BCUT2D eigenvalue weighted by Crippen LogP contribution is -2.37. The van der Waals surface area contributed by atoms with Gasteiger partial charge >= 0.3 is 6.03 Å². The Morgan fingerprint density at radius 1 is 1.07 bits per heavy atom. The summed E-state index contributed by atoms with van der Waals surface area (Å²) in [6, 6.07) is -0.0450. The monoisotopic (exact) mass is 215 g/mol. The fourth-order valence-corrected chi connectivity index (χ4v) is 1.35. The minimum absolute atomic E-state index is 0.0450. The van der Waals surface area contributed by atoms with Crippen LogP contribution in [-0.2, 0) is 0 Å². The summed E-state index contributed by atoms with van der Waals surface area (Å²) in [6.45, 7) is 11.1. The highest BCUT2D eigenvalue weighted by Crippen LogP contribution is 1.89. The smallest absolute Gasteiger partial charge is 0.314 e. The van der Waals surface area contributed by atoms with Crippen LogP contribution in [0.4, 0.5) is 4.79 Å². The van der Waals surface area contributed by atoms with Gasteiger partial charge in [-0.1, -0.05) is 20.8 Å². The molecule has 2 N–H and O–H groups in total. The van der Waals surface area contributed by atoms with Gasteiger partial charge in [0, 0.05) is 13.1 Å². The SMILES string of the molecule is CCCNC(=O)NCCCN(CC)CC. The van der Waals surface area contributed by atoms with Crippen molar-refractivity contribution in [1.82, 2.24) is 15.5 Å². The molecule has 15 heavy (non-hydrogen) atoms. The predicted molar refractivity (Wildman–Crippen MR) is 64.1 cm³/mol. The first-order chi connectivity index (χ1) is 7.24. The van der Waals surface area contributed by atoms with Gasteiger partial charge in [0.05, 0.1) is 0 Å². The lowest BCUT2D eigenvalue weighted by atomic mass is 10.3. The van der Waals surface area contributed by atoms with E-state index in [2.05, 4.69) is 29.4 Å². The molecule has 0 atom stereocenters. The number of hydrogen-bond donors (Lipinski definition) is 2. The lowest BCUT2D eigenvalue weighted by Gasteiger charge is -2.17. The molecule has 0 aliphatic heterocycles. The number of carbonyl (C=O) groups excluding carboxylic acids is 1. The van der Waals surface area contributed by atoms with E-state index in [1.54, 1.807) is 0 Å². The number of nitrogens with one attached hydrogen (secondary N) is 2. The third kappa shape index (κ3) is 8.24. The fourth-order valence-electron chi connectivity index (χ4n) is 1.35. The molecule has 0 fully saturated rings. The Morgan fingerprint density at radius 2 is 1.67 bits per heavy atom. The molecule has 0 saturated heterocycles. The molecular formula is C11H25N3O. The van der Waals surface area contributed by atoms with Gasteiger partial charge in [0.25, 0.3) is 0 Å². The Balaban J connectivity index is 3.33. The highest BCUT2D eigenvalue weighted by atomic mass is 16.2. The normalized spacial score (nSPS) is 10.4. The molecular weight excluding hydrogens is 190 g/mol. The minimum atomic E-state index is -0.0450. The van der Waals surface area contributed by atoms with Crippen LogP contribution in [0.1, 0.15) is 33.6 Å². The maximum Gasteiger partial charge on any atom is 0.314 e. The summed E-state index contributed by atoms with van der Waals surface area (Å²) >= 11 is 0. The van der Waals surface area contributed by atoms with Crippen LogP contribution in [0.5, 0.6) is 0 Å². The largest absolute Gasteiger partial charge is 0.338 e. The van der Waals surface area contributed by atoms with E-state index in [0.717, 1.165) is 45.6 Å². The van der Waals surface area contributed by atoms with Crippen molar-refractivity contribution in [1.29, 1.82) is 0 Å². The number of urea groups is 1. The van der Waals surface area contributed by atoms with Gasteiger partial charge in [0.2, 0.25) is 0 Å². The molecule has 0 aromatic carbocycles. The van der Waals surface area contributed by atoms with E-state index in [9.17, 15) is 4.79 Å². The van der Waals surface area contributed by atoms with E-state index < -0.39 is 0 Å². The second-order valence-corrected chi connectivity index (χ2v) is 3.56. The molecule has 0 spiro atoms. The zero-order valence-corrected chi connectivity index (χ0v) is 10.3. The van der Waals surface area contributed by atoms with E-state index in [1.165, 1.54) is 0 Å². The molecule has 0 aromatic rings. The molecule has 0 heterocycles. The predicted octanol–water partition coefficient (Wildman–Crippen LogP) is 1.43. The molecule has 0 aliphatic carbocycles. The van der Waals surface area contributed by atoms with Gasteiger partial charge in [-0.3, -0.25) is 0 Å². The first-order valence-electron chi connectivity index (χ1n) is 5.98. The standard InChI is InChI=1S/C11H25N3O/c1-4-8-12-11(15)13-9-7-10-14(5-2)6-3/h4-10H2,1-3H3,(H2,12,13,15). The van der Waals surface area contributed by atoms with Crippen molar-refractivity contribution in [2.75, 3.05) is 32.7 Å². The van der Waals surface area contributed by atoms with Gasteiger partial charge in [0.1, 0.15) is 0 Å². The first kappa shape index (κ1) is 14.2. The van der Waals surface area contributed by atoms with E-state index in [4.69, 9.17) is 0 Å². The molecule has 0 bridgehead atoms. The van der Waals surface area contributed by atoms with Crippen LogP contribution < -0.4 is 10.6 Å². The summed E-state index contributed by atoms with van der Waals surface area (Å²) in [6.07, 6.45) is 1.99. The number of carbonyl (C=O) groups is 1. The van der Waals surface area contributed by atoms with Gasteiger partial charge in [-0.05, 0) is 32.5 Å². The van der Waals surface area contributed by atoms with E-state index in [1.807, 2.05) is 6.92 Å². The van der Waals surface area contributed by atoms with E-state index >= 15 is 0 Å². The third-order valence-electron chi connectivity index (χ3n) is 2.37. The van der Waals surface area contributed by atoms with Crippen molar-refractivity contribution in [3.05, 3.63) is 0 Å². The average Bonchev–Trinajstić information content (AvgIpc) is 2.26. The molecule has 4 nitrogen and oxygen atoms in total. The van der Waals surface area contributed by atoms with Gasteiger partial charge in [-0.2, -0.15) is 0 Å². The molecule has 0 aromatic heterocycles. The van der Waals surface area contributed by atoms with Crippen molar-refractivity contribution in [3.63, 3.8) is 0 Å². The number of rotatable bonds is 8. The summed E-state index contributed by atoms with van der Waals surface area (Å²) in [5, 5.41) is 5.63. The summed E-state index contributed by atoms with van der Waals surface area (Å²) < 4.78 is 0. The minimum Gasteiger partial charge on any atom is -0.338 e. The molecule has 0 aliphatic rings. The maximum atomic E-state index is 11.1. The number of hydrogen-bond acceptors (Lipinski definition) is 2. The van der Waals surface area contributed by atoms with Crippen LogP contribution in [0.3, 0.4) is 0 Å². The van der Waals surface area contributed by atoms with Crippen LogP contribution in [-0.4, -0.2) is 43.7 Å². The van der Waals surface area contributed by atoms with E-state index in [-0.39, 0.29) is 6.03 Å². The topological polar surface area (TPSA) is 44.4 Å². The Bertz CT molecular complexity index is 158. The summed E-state index contributed by atoms with van der Waals surface area (Å²) in [5.41, 5.74) is 0. The zero-order valence-electron chi connectivity index (χ0n) is 10.3. The van der Waals surface area contributed by atoms with Crippen LogP contribution in [0, 0.1) is 0 Å². The fraction of sp³-hybridized carbons (Fsp3) is 0.909. The molecule has 90 valence electrons. The van der Waals surface area contributed by atoms with Crippen LogP contribution >= 0.6 is 0 Å². The summed E-state index contributed by atoms with van der Waals surface area (Å²) in [7, 11) is 0. The van der Waals surface area contributed by atoms with Crippen molar-refractivity contribution in [2.24, 2.45) is 0 Å². The third-order valence-corrected chi connectivity index (χ3v) is 2.37. The van der Waals surface area contributed by atoms with Crippen LogP contribution in [0.25, 0.3) is 0 Å². The van der Waals surface area contributed by atoms with Crippen molar-refractivity contribution >= 4 is 6.03 Å². The van der Waals surface area contributed by atoms with Crippen LogP contribution in [0.2, 0.25) is 0 Å². The van der Waals surface area contributed by atoms with Crippen molar-refractivity contribution in [3.8, 4) is 0 Å². The number of nitrogens with zero attached hydrogens (tertiary/aromatic N) is 1.